The molecule has 1 atom stereocenters. The SMILES string of the molecule is Cc1ccc(CC(=O)NC(CO)c2ccco2)s1. The number of hydrogen-bond donors (Lipinski definition) is 2. The van der Waals surface area contributed by atoms with Gasteiger partial charge in [0, 0.05) is 9.75 Å². The number of aliphatic hydroxyl groups is 1. The molecule has 96 valence electrons. The molecular weight excluding hydrogens is 250 g/mol. The molecule has 2 aromatic rings. The van der Waals surface area contributed by atoms with Gasteiger partial charge in [-0.15, -0.1) is 11.3 Å². The molecule has 4 nitrogen and oxygen atoms in total. The molecule has 0 radical (unpaired) electrons. The minimum atomic E-state index is -0.478. The number of rotatable bonds is 5. The predicted octanol–water partition coefficient (Wildman–Crippen LogP) is 2.04. The van der Waals surface area contributed by atoms with Crippen molar-refractivity contribution >= 4 is 17.2 Å². The minimum absolute atomic E-state index is 0.118. The zero-order chi connectivity index (χ0) is 13.0. The topological polar surface area (TPSA) is 62.5 Å². The van der Waals surface area contributed by atoms with Gasteiger partial charge in [-0.2, -0.15) is 0 Å². The first-order valence-corrected chi connectivity index (χ1v) is 6.49. The van der Waals surface area contributed by atoms with Gasteiger partial charge in [-0.1, -0.05) is 0 Å². The molecule has 0 bridgehead atoms. The second-order valence-electron chi connectivity index (χ2n) is 4.01. The van der Waals surface area contributed by atoms with Crippen molar-refractivity contribution in [3.63, 3.8) is 0 Å². The average Bonchev–Trinajstić information content (AvgIpc) is 2.98. The summed E-state index contributed by atoms with van der Waals surface area (Å²) in [5.41, 5.74) is 0. The van der Waals surface area contributed by atoms with Crippen LogP contribution in [0.3, 0.4) is 0 Å². The Hall–Kier alpha value is -1.59. The van der Waals surface area contributed by atoms with Crippen molar-refractivity contribution in [2.75, 3.05) is 6.61 Å². The fourth-order valence-corrected chi connectivity index (χ4v) is 2.57. The molecule has 1 amide bonds. The molecule has 18 heavy (non-hydrogen) atoms. The number of hydrogen-bond acceptors (Lipinski definition) is 4. The molecule has 1 unspecified atom stereocenters. The number of nitrogens with one attached hydrogen (secondary N) is 1. The lowest BCUT2D eigenvalue weighted by atomic mass is 10.2. The zero-order valence-electron chi connectivity index (χ0n) is 10.1. The second-order valence-corrected chi connectivity index (χ2v) is 5.38. The van der Waals surface area contributed by atoms with Crippen LogP contribution in [-0.4, -0.2) is 17.6 Å². The number of carbonyl (C=O) groups excluding carboxylic acids is 1. The van der Waals surface area contributed by atoms with E-state index >= 15 is 0 Å². The summed E-state index contributed by atoms with van der Waals surface area (Å²) < 4.78 is 5.17. The van der Waals surface area contributed by atoms with Gasteiger partial charge >= 0.3 is 0 Å². The molecule has 0 aliphatic heterocycles. The third-order valence-corrected chi connectivity index (χ3v) is 3.54. The highest BCUT2D eigenvalue weighted by Gasteiger charge is 2.16. The Bertz CT molecular complexity index is 504. The van der Waals surface area contributed by atoms with Gasteiger partial charge in [0.2, 0.25) is 5.91 Å². The Balaban J connectivity index is 1.94. The highest BCUT2D eigenvalue weighted by molar-refractivity contribution is 7.12. The summed E-state index contributed by atoms with van der Waals surface area (Å²) in [5, 5.41) is 12.0. The highest BCUT2D eigenvalue weighted by atomic mass is 32.1. The maximum absolute atomic E-state index is 11.8. The highest BCUT2D eigenvalue weighted by Crippen LogP contribution is 2.17. The maximum atomic E-state index is 11.8. The van der Waals surface area contributed by atoms with E-state index in [2.05, 4.69) is 5.32 Å². The van der Waals surface area contributed by atoms with E-state index in [-0.39, 0.29) is 12.5 Å². The van der Waals surface area contributed by atoms with E-state index in [9.17, 15) is 9.90 Å². The van der Waals surface area contributed by atoms with Crippen molar-refractivity contribution in [3.05, 3.63) is 46.0 Å². The zero-order valence-corrected chi connectivity index (χ0v) is 10.9. The first-order valence-electron chi connectivity index (χ1n) is 5.68. The molecule has 0 aliphatic rings. The van der Waals surface area contributed by atoms with Crippen molar-refractivity contribution in [1.82, 2.24) is 5.32 Å². The van der Waals surface area contributed by atoms with Crippen LogP contribution < -0.4 is 5.32 Å². The van der Waals surface area contributed by atoms with E-state index in [1.54, 1.807) is 23.5 Å². The summed E-state index contributed by atoms with van der Waals surface area (Å²) >= 11 is 1.60. The third kappa shape index (κ3) is 3.21. The van der Waals surface area contributed by atoms with E-state index in [0.717, 1.165) is 4.88 Å². The van der Waals surface area contributed by atoms with Crippen LogP contribution in [0, 0.1) is 6.92 Å². The van der Waals surface area contributed by atoms with Crippen LogP contribution in [-0.2, 0) is 11.2 Å². The molecule has 0 fully saturated rings. The fraction of sp³-hybridized carbons (Fsp3) is 0.308. The molecule has 2 N–H and O–H groups in total. The molecule has 0 aromatic carbocycles. The summed E-state index contributed by atoms with van der Waals surface area (Å²) in [6.45, 7) is 1.83. The van der Waals surface area contributed by atoms with Gasteiger partial charge in [-0.25, -0.2) is 0 Å². The molecule has 5 heteroatoms. The molecule has 2 rings (SSSR count). The third-order valence-electron chi connectivity index (χ3n) is 2.54. The van der Waals surface area contributed by atoms with Gasteiger partial charge in [-0.05, 0) is 31.2 Å². The van der Waals surface area contributed by atoms with Gasteiger partial charge in [0.1, 0.15) is 11.8 Å². The van der Waals surface area contributed by atoms with Crippen LogP contribution in [0.4, 0.5) is 0 Å². The summed E-state index contributed by atoms with van der Waals surface area (Å²) in [4.78, 5) is 14.0. The molecule has 0 saturated carbocycles. The smallest absolute Gasteiger partial charge is 0.225 e. The lowest BCUT2D eigenvalue weighted by Crippen LogP contribution is -2.31. The van der Waals surface area contributed by atoms with E-state index in [1.165, 1.54) is 11.1 Å². The van der Waals surface area contributed by atoms with E-state index < -0.39 is 6.04 Å². The largest absolute Gasteiger partial charge is 0.467 e. The minimum Gasteiger partial charge on any atom is -0.467 e. The van der Waals surface area contributed by atoms with Crippen LogP contribution in [0.1, 0.15) is 21.6 Å². The van der Waals surface area contributed by atoms with Gasteiger partial charge in [0.05, 0.1) is 19.3 Å². The first-order chi connectivity index (χ1) is 8.69. The Morgan fingerprint density at radius 2 is 2.33 bits per heavy atom. The molecule has 0 spiro atoms. The van der Waals surface area contributed by atoms with Gasteiger partial charge in [-0.3, -0.25) is 4.79 Å². The number of furan rings is 1. The second kappa shape index (κ2) is 5.84. The van der Waals surface area contributed by atoms with Crippen molar-refractivity contribution in [2.45, 2.75) is 19.4 Å². The lowest BCUT2D eigenvalue weighted by molar-refractivity contribution is -0.121. The van der Waals surface area contributed by atoms with Crippen molar-refractivity contribution in [1.29, 1.82) is 0 Å². The lowest BCUT2D eigenvalue weighted by Gasteiger charge is -2.13. The van der Waals surface area contributed by atoms with Crippen LogP contribution in [0.2, 0.25) is 0 Å². The Kier molecular flexibility index (Phi) is 4.17. The van der Waals surface area contributed by atoms with Crippen LogP contribution in [0.15, 0.2) is 34.9 Å². The monoisotopic (exact) mass is 265 g/mol. The number of aryl methyl sites for hydroxylation is 1. The van der Waals surface area contributed by atoms with Gasteiger partial charge in [0.15, 0.2) is 0 Å². The molecule has 2 aromatic heterocycles. The van der Waals surface area contributed by atoms with Crippen LogP contribution in [0.5, 0.6) is 0 Å². The number of aliphatic hydroxyl groups excluding tert-OH is 1. The maximum Gasteiger partial charge on any atom is 0.225 e. The molecule has 0 saturated heterocycles. The molecule has 2 heterocycles. The van der Waals surface area contributed by atoms with Crippen molar-refractivity contribution < 1.29 is 14.3 Å². The van der Waals surface area contributed by atoms with Crippen LogP contribution in [0.25, 0.3) is 0 Å². The van der Waals surface area contributed by atoms with Gasteiger partial charge < -0.3 is 14.8 Å². The fourth-order valence-electron chi connectivity index (χ4n) is 1.68. The summed E-state index contributed by atoms with van der Waals surface area (Å²) in [6, 6.07) is 6.92. The standard InChI is InChI=1S/C13H15NO3S/c1-9-4-5-10(18-9)7-13(16)14-11(8-15)12-3-2-6-17-12/h2-6,11,15H,7-8H2,1H3,(H,14,16). The van der Waals surface area contributed by atoms with E-state index in [1.807, 2.05) is 19.1 Å². The molecule has 0 aliphatic carbocycles. The first kappa shape index (κ1) is 12.9. The Labute approximate surface area is 109 Å². The number of amides is 1. The average molecular weight is 265 g/mol. The number of carbonyl (C=O) groups is 1. The van der Waals surface area contributed by atoms with Crippen LogP contribution >= 0.6 is 11.3 Å². The summed E-state index contributed by atoms with van der Waals surface area (Å²) in [5.74, 6) is 0.445. The van der Waals surface area contributed by atoms with Crippen molar-refractivity contribution in [2.24, 2.45) is 0 Å². The Morgan fingerprint density at radius 3 is 2.89 bits per heavy atom. The summed E-state index contributed by atoms with van der Waals surface area (Å²) in [7, 11) is 0. The predicted molar refractivity (Wildman–Crippen MR) is 69.4 cm³/mol. The van der Waals surface area contributed by atoms with E-state index in [0.29, 0.717) is 12.2 Å². The normalized spacial score (nSPS) is 12.3. The van der Waals surface area contributed by atoms with Gasteiger partial charge in [0.25, 0.3) is 0 Å². The number of thiophene rings is 1. The van der Waals surface area contributed by atoms with E-state index in [4.69, 9.17) is 4.42 Å². The quantitative estimate of drug-likeness (QED) is 0.869. The molecular formula is C13H15NO3S. The Morgan fingerprint density at radius 1 is 1.50 bits per heavy atom. The summed E-state index contributed by atoms with van der Waals surface area (Å²) in [6.07, 6.45) is 1.85. The van der Waals surface area contributed by atoms with Crippen molar-refractivity contribution in [3.8, 4) is 0 Å².